The summed E-state index contributed by atoms with van der Waals surface area (Å²) in [6, 6.07) is 0.821. The van der Waals surface area contributed by atoms with Gasteiger partial charge < -0.3 is 9.69 Å². The van der Waals surface area contributed by atoms with Gasteiger partial charge in [0.15, 0.2) is 0 Å². The van der Waals surface area contributed by atoms with Gasteiger partial charge in [-0.1, -0.05) is 0 Å². The summed E-state index contributed by atoms with van der Waals surface area (Å²) in [6.07, 6.45) is 3.19. The molecule has 0 aromatic rings. The van der Waals surface area contributed by atoms with Gasteiger partial charge >= 0.3 is 0 Å². The van der Waals surface area contributed by atoms with E-state index < -0.39 is 0 Å². The number of hydrogen-bond donors (Lipinski definition) is 0. The lowest BCUT2D eigenvalue weighted by atomic mass is 10.2. The first-order valence-corrected chi connectivity index (χ1v) is 5.19. The van der Waals surface area contributed by atoms with E-state index in [1.54, 1.807) is 0 Å². The van der Waals surface area contributed by atoms with Crippen LogP contribution in [0.5, 0.6) is 0 Å². The van der Waals surface area contributed by atoms with Crippen LogP contribution in [0.4, 0.5) is 0 Å². The van der Waals surface area contributed by atoms with E-state index in [2.05, 4.69) is 6.92 Å². The Labute approximate surface area is 83.9 Å². The van der Waals surface area contributed by atoms with Crippen LogP contribution in [0.15, 0.2) is 0 Å². The number of carbonyl (C=O) groups is 2. The maximum Gasteiger partial charge on any atom is 0.237 e. The molecular formula is C10H16N2O2. The number of nitrogens with zero attached hydrogens (tertiary/aromatic N) is 2. The Bertz CT molecular complexity index is 251. The van der Waals surface area contributed by atoms with E-state index in [1.165, 1.54) is 0 Å². The molecule has 1 aliphatic heterocycles. The fourth-order valence-electron chi connectivity index (χ4n) is 2.00. The number of amides is 1. The molecule has 78 valence electrons. The summed E-state index contributed by atoms with van der Waals surface area (Å²) in [4.78, 5) is 26.0. The van der Waals surface area contributed by atoms with Crippen molar-refractivity contribution in [1.82, 2.24) is 9.80 Å². The zero-order valence-electron chi connectivity index (χ0n) is 8.48. The molecule has 0 aromatic heterocycles. The van der Waals surface area contributed by atoms with Crippen LogP contribution in [0.2, 0.25) is 0 Å². The highest BCUT2D eigenvalue weighted by Gasteiger charge is 2.37. The summed E-state index contributed by atoms with van der Waals surface area (Å²) < 4.78 is 0. The highest BCUT2D eigenvalue weighted by Crippen LogP contribution is 2.29. The fraction of sp³-hybridized carbons (Fsp3) is 0.800. The third-order valence-corrected chi connectivity index (χ3v) is 3.04. The highest BCUT2D eigenvalue weighted by molar-refractivity contribution is 5.80. The molecule has 2 fully saturated rings. The molecule has 1 saturated heterocycles. The Balaban J connectivity index is 1.96. The molecule has 0 spiro atoms. The molecule has 0 N–H and O–H groups in total. The quantitative estimate of drug-likeness (QED) is 0.591. The molecule has 1 aliphatic carbocycles. The topological polar surface area (TPSA) is 40.6 Å². The first-order valence-electron chi connectivity index (χ1n) is 5.19. The Morgan fingerprint density at radius 2 is 2.21 bits per heavy atom. The van der Waals surface area contributed by atoms with Crippen LogP contribution in [0.25, 0.3) is 0 Å². The lowest BCUT2D eigenvalue weighted by molar-refractivity contribution is -0.139. The molecule has 4 nitrogen and oxygen atoms in total. The lowest BCUT2D eigenvalue weighted by Gasteiger charge is -2.38. The summed E-state index contributed by atoms with van der Waals surface area (Å²) in [5, 5.41) is 0. The van der Waals surface area contributed by atoms with E-state index in [0.717, 1.165) is 25.7 Å². The van der Waals surface area contributed by atoms with Gasteiger partial charge in [-0.3, -0.25) is 9.69 Å². The largest absolute Gasteiger partial charge is 0.337 e. The number of hydrogen-bond acceptors (Lipinski definition) is 3. The second-order valence-corrected chi connectivity index (χ2v) is 4.22. The summed E-state index contributed by atoms with van der Waals surface area (Å²) in [7, 11) is 0. The number of aldehydes is 1. The maximum absolute atomic E-state index is 11.7. The van der Waals surface area contributed by atoms with E-state index in [9.17, 15) is 9.59 Å². The molecule has 1 saturated carbocycles. The van der Waals surface area contributed by atoms with Crippen molar-refractivity contribution in [1.29, 1.82) is 0 Å². The van der Waals surface area contributed by atoms with E-state index in [1.807, 2.05) is 9.80 Å². The van der Waals surface area contributed by atoms with Crippen LogP contribution < -0.4 is 0 Å². The maximum atomic E-state index is 11.7. The van der Waals surface area contributed by atoms with Crippen molar-refractivity contribution in [2.75, 3.05) is 19.6 Å². The van der Waals surface area contributed by atoms with Gasteiger partial charge in [0.2, 0.25) is 5.91 Å². The van der Waals surface area contributed by atoms with Gasteiger partial charge in [-0.15, -0.1) is 0 Å². The van der Waals surface area contributed by atoms with E-state index in [0.29, 0.717) is 25.2 Å². The van der Waals surface area contributed by atoms with E-state index in [4.69, 9.17) is 0 Å². The second kappa shape index (κ2) is 3.69. The van der Waals surface area contributed by atoms with Crippen LogP contribution in [0.3, 0.4) is 0 Å². The number of rotatable bonds is 3. The minimum Gasteiger partial charge on any atom is -0.337 e. The van der Waals surface area contributed by atoms with Crippen molar-refractivity contribution in [2.45, 2.75) is 31.8 Å². The number of piperazine rings is 1. The van der Waals surface area contributed by atoms with Crippen LogP contribution in [0.1, 0.15) is 19.8 Å². The van der Waals surface area contributed by atoms with Gasteiger partial charge in [0.1, 0.15) is 6.29 Å². The Kier molecular flexibility index (Phi) is 2.54. The minimum atomic E-state index is 0.187. The van der Waals surface area contributed by atoms with Crippen molar-refractivity contribution in [3.8, 4) is 0 Å². The first-order chi connectivity index (χ1) is 6.72. The van der Waals surface area contributed by atoms with Crippen molar-refractivity contribution in [3.63, 3.8) is 0 Å². The summed E-state index contributed by atoms with van der Waals surface area (Å²) in [5.41, 5.74) is 0. The predicted molar refractivity (Wildman–Crippen MR) is 51.8 cm³/mol. The molecule has 2 rings (SSSR count). The monoisotopic (exact) mass is 196 g/mol. The highest BCUT2D eigenvalue weighted by atomic mass is 16.2. The SMILES string of the molecule is CC1CN(C2CC2)C(=O)CN1CC=O. The van der Waals surface area contributed by atoms with E-state index in [-0.39, 0.29) is 5.91 Å². The average Bonchev–Trinajstić information content (AvgIpc) is 2.94. The van der Waals surface area contributed by atoms with Gasteiger partial charge in [0.25, 0.3) is 0 Å². The van der Waals surface area contributed by atoms with Gasteiger partial charge in [-0.05, 0) is 19.8 Å². The standard InChI is InChI=1S/C10H16N2O2/c1-8-6-12(9-2-3-9)10(14)7-11(8)4-5-13/h5,8-9H,2-4,6-7H2,1H3. The van der Waals surface area contributed by atoms with Crippen molar-refractivity contribution in [3.05, 3.63) is 0 Å². The molecule has 1 heterocycles. The summed E-state index contributed by atoms with van der Waals surface area (Å²) in [5.74, 6) is 0.187. The first kappa shape index (κ1) is 9.65. The molecule has 1 amide bonds. The molecule has 0 bridgehead atoms. The van der Waals surface area contributed by atoms with Crippen LogP contribution in [-0.2, 0) is 9.59 Å². The molecule has 1 unspecified atom stereocenters. The van der Waals surface area contributed by atoms with Crippen LogP contribution in [-0.4, -0.2) is 53.7 Å². The minimum absolute atomic E-state index is 0.187. The molecular weight excluding hydrogens is 180 g/mol. The fourth-order valence-corrected chi connectivity index (χ4v) is 2.00. The van der Waals surface area contributed by atoms with E-state index >= 15 is 0 Å². The van der Waals surface area contributed by atoms with Crippen LogP contribution >= 0.6 is 0 Å². The Morgan fingerprint density at radius 3 is 2.79 bits per heavy atom. The zero-order valence-corrected chi connectivity index (χ0v) is 8.48. The van der Waals surface area contributed by atoms with Crippen LogP contribution in [0, 0.1) is 0 Å². The number of carbonyl (C=O) groups excluding carboxylic acids is 2. The normalized spacial score (nSPS) is 29.4. The molecule has 4 heteroatoms. The van der Waals surface area contributed by atoms with Crippen molar-refractivity contribution >= 4 is 12.2 Å². The third-order valence-electron chi connectivity index (χ3n) is 3.04. The average molecular weight is 196 g/mol. The molecule has 0 radical (unpaired) electrons. The smallest absolute Gasteiger partial charge is 0.237 e. The molecule has 1 atom stereocenters. The van der Waals surface area contributed by atoms with Gasteiger partial charge in [-0.2, -0.15) is 0 Å². The van der Waals surface area contributed by atoms with Gasteiger partial charge in [0.05, 0.1) is 13.1 Å². The van der Waals surface area contributed by atoms with Crippen molar-refractivity contribution in [2.24, 2.45) is 0 Å². The molecule has 2 aliphatic rings. The lowest BCUT2D eigenvalue weighted by Crippen LogP contribution is -2.56. The predicted octanol–water partition coefficient (Wildman–Crippen LogP) is -0.120. The second-order valence-electron chi connectivity index (χ2n) is 4.22. The Morgan fingerprint density at radius 1 is 1.50 bits per heavy atom. The molecule has 0 aromatic carbocycles. The van der Waals surface area contributed by atoms with Gasteiger partial charge in [0, 0.05) is 18.6 Å². The Hall–Kier alpha value is -0.900. The summed E-state index contributed by atoms with van der Waals surface area (Å²) >= 11 is 0. The zero-order chi connectivity index (χ0) is 10.1. The molecule has 14 heavy (non-hydrogen) atoms. The summed E-state index contributed by atoms with van der Waals surface area (Å²) in [6.45, 7) is 3.66. The third kappa shape index (κ3) is 1.80. The van der Waals surface area contributed by atoms with Gasteiger partial charge in [-0.25, -0.2) is 0 Å². The van der Waals surface area contributed by atoms with Crippen molar-refractivity contribution < 1.29 is 9.59 Å².